The number of carbonyl (C=O) groups is 1. The number of halogens is 2. The molecular formula is C16H20F2N6O. The van der Waals surface area contributed by atoms with Crippen LogP contribution in [0.2, 0.25) is 0 Å². The summed E-state index contributed by atoms with van der Waals surface area (Å²) in [5.41, 5.74) is 0.718. The fraction of sp³-hybridized carbons (Fsp3) is 0.312. The first-order valence-corrected chi connectivity index (χ1v) is 7.81. The number of carbonyl (C=O) groups excluding carboxylic acids is 1. The van der Waals surface area contributed by atoms with Crippen LogP contribution >= 0.6 is 0 Å². The average Bonchev–Trinajstić information content (AvgIpc) is 2.54. The third kappa shape index (κ3) is 5.87. The van der Waals surface area contributed by atoms with E-state index in [1.54, 1.807) is 0 Å². The third-order valence-corrected chi connectivity index (χ3v) is 3.09. The first-order chi connectivity index (χ1) is 12.0. The number of anilines is 3. The molecule has 2 rings (SSSR count). The van der Waals surface area contributed by atoms with E-state index in [4.69, 9.17) is 0 Å². The zero-order valence-corrected chi connectivity index (χ0v) is 14.0. The highest BCUT2D eigenvalue weighted by molar-refractivity contribution is 5.89. The summed E-state index contributed by atoms with van der Waals surface area (Å²) in [5, 5.41) is 11.0. The van der Waals surface area contributed by atoms with Crippen molar-refractivity contribution in [2.75, 3.05) is 35.6 Å². The number of urea groups is 1. The Bertz CT molecular complexity index is 741. The summed E-state index contributed by atoms with van der Waals surface area (Å²) in [6.07, 6.45) is 0. The molecule has 0 saturated carbocycles. The Kier molecular flexibility index (Phi) is 6.44. The number of nitrogens with one attached hydrogen (secondary N) is 4. The van der Waals surface area contributed by atoms with Gasteiger partial charge in [-0.1, -0.05) is 0 Å². The molecule has 134 valence electrons. The fourth-order valence-electron chi connectivity index (χ4n) is 2.03. The maximum atomic E-state index is 13.4. The van der Waals surface area contributed by atoms with Gasteiger partial charge in [0, 0.05) is 37.5 Å². The molecular weight excluding hydrogens is 330 g/mol. The monoisotopic (exact) mass is 350 g/mol. The summed E-state index contributed by atoms with van der Waals surface area (Å²) in [4.78, 5) is 20.2. The van der Waals surface area contributed by atoms with Crippen LogP contribution in [0.15, 0.2) is 24.3 Å². The molecule has 1 heterocycles. The molecule has 0 unspecified atom stereocenters. The second kappa shape index (κ2) is 8.76. The van der Waals surface area contributed by atoms with Gasteiger partial charge in [0.1, 0.15) is 17.5 Å². The molecule has 1 aromatic heterocycles. The molecule has 9 heteroatoms. The molecule has 0 radical (unpaired) electrons. The van der Waals surface area contributed by atoms with Gasteiger partial charge >= 0.3 is 6.03 Å². The van der Waals surface area contributed by atoms with Gasteiger partial charge in [-0.25, -0.2) is 18.6 Å². The molecule has 2 amide bonds. The van der Waals surface area contributed by atoms with Gasteiger partial charge in [-0.05, 0) is 26.0 Å². The predicted octanol–water partition coefficient (Wildman–Crippen LogP) is 2.73. The van der Waals surface area contributed by atoms with Crippen LogP contribution in [0.1, 0.15) is 12.6 Å². The SMILES string of the molecule is CCNc1cc(C)nc(NCCNC(=O)Nc2ccc(F)cc2F)n1. The summed E-state index contributed by atoms with van der Waals surface area (Å²) < 4.78 is 26.2. The van der Waals surface area contributed by atoms with Gasteiger partial charge in [0.05, 0.1) is 5.69 Å². The van der Waals surface area contributed by atoms with Crippen molar-refractivity contribution in [3.63, 3.8) is 0 Å². The van der Waals surface area contributed by atoms with E-state index in [1.165, 1.54) is 0 Å². The Balaban J connectivity index is 1.78. The quantitative estimate of drug-likeness (QED) is 0.577. The van der Waals surface area contributed by atoms with Crippen molar-refractivity contribution in [1.82, 2.24) is 15.3 Å². The second-order valence-corrected chi connectivity index (χ2v) is 5.18. The number of benzene rings is 1. The normalized spacial score (nSPS) is 10.2. The van der Waals surface area contributed by atoms with E-state index in [0.29, 0.717) is 18.6 Å². The molecule has 0 atom stereocenters. The molecule has 2 aromatic rings. The van der Waals surface area contributed by atoms with Crippen molar-refractivity contribution in [2.45, 2.75) is 13.8 Å². The van der Waals surface area contributed by atoms with Crippen molar-refractivity contribution in [3.8, 4) is 0 Å². The van der Waals surface area contributed by atoms with Crippen molar-refractivity contribution in [3.05, 3.63) is 41.6 Å². The van der Waals surface area contributed by atoms with Crippen LogP contribution in [0.4, 0.5) is 31.0 Å². The number of rotatable bonds is 7. The van der Waals surface area contributed by atoms with Crippen LogP contribution < -0.4 is 21.3 Å². The number of aromatic nitrogens is 2. The lowest BCUT2D eigenvalue weighted by Crippen LogP contribution is -2.33. The number of hydrogen-bond acceptors (Lipinski definition) is 5. The zero-order chi connectivity index (χ0) is 18.2. The van der Waals surface area contributed by atoms with Gasteiger partial charge in [0.15, 0.2) is 0 Å². The summed E-state index contributed by atoms with van der Waals surface area (Å²) in [5.74, 6) is -0.377. The molecule has 0 aliphatic rings. The van der Waals surface area contributed by atoms with E-state index >= 15 is 0 Å². The maximum Gasteiger partial charge on any atom is 0.319 e. The van der Waals surface area contributed by atoms with Crippen molar-refractivity contribution in [1.29, 1.82) is 0 Å². The van der Waals surface area contributed by atoms with Crippen LogP contribution in [0.25, 0.3) is 0 Å². The Hall–Kier alpha value is -2.97. The van der Waals surface area contributed by atoms with Gasteiger partial charge in [-0.2, -0.15) is 4.98 Å². The molecule has 4 N–H and O–H groups in total. The first-order valence-electron chi connectivity index (χ1n) is 7.81. The van der Waals surface area contributed by atoms with Gasteiger partial charge < -0.3 is 21.3 Å². The number of hydrogen-bond donors (Lipinski definition) is 4. The van der Waals surface area contributed by atoms with Crippen molar-refractivity contribution >= 4 is 23.5 Å². The fourth-order valence-corrected chi connectivity index (χ4v) is 2.03. The summed E-state index contributed by atoms with van der Waals surface area (Å²) in [6.45, 7) is 5.22. The van der Waals surface area contributed by atoms with Crippen LogP contribution in [-0.4, -0.2) is 35.6 Å². The smallest absolute Gasteiger partial charge is 0.319 e. The number of nitrogens with zero attached hydrogens (tertiary/aromatic N) is 2. The lowest BCUT2D eigenvalue weighted by atomic mass is 10.3. The highest BCUT2D eigenvalue weighted by atomic mass is 19.1. The van der Waals surface area contributed by atoms with E-state index in [-0.39, 0.29) is 12.2 Å². The lowest BCUT2D eigenvalue weighted by Gasteiger charge is -2.10. The Labute approximate surface area is 144 Å². The standard InChI is InChI=1S/C16H20F2N6O/c1-3-19-14-8-10(2)22-15(24-14)20-6-7-21-16(25)23-13-5-4-11(17)9-12(13)18/h4-5,8-9H,3,6-7H2,1-2H3,(H2,21,23,25)(H2,19,20,22,24). The van der Waals surface area contributed by atoms with Gasteiger partial charge in [0.25, 0.3) is 0 Å². The van der Waals surface area contributed by atoms with Crippen LogP contribution in [0, 0.1) is 18.6 Å². The van der Waals surface area contributed by atoms with Crippen LogP contribution in [0.3, 0.4) is 0 Å². The largest absolute Gasteiger partial charge is 0.370 e. The molecule has 0 spiro atoms. The highest BCUT2D eigenvalue weighted by Crippen LogP contribution is 2.14. The molecule has 0 saturated heterocycles. The Morgan fingerprint density at radius 1 is 1.12 bits per heavy atom. The molecule has 25 heavy (non-hydrogen) atoms. The minimum absolute atomic E-state index is 0.0934. The van der Waals surface area contributed by atoms with Gasteiger partial charge in [-0.15, -0.1) is 0 Å². The average molecular weight is 350 g/mol. The highest BCUT2D eigenvalue weighted by Gasteiger charge is 2.07. The van der Waals surface area contributed by atoms with Crippen molar-refractivity contribution in [2.24, 2.45) is 0 Å². The number of amides is 2. The Morgan fingerprint density at radius 3 is 2.64 bits per heavy atom. The van der Waals surface area contributed by atoms with Crippen LogP contribution in [0.5, 0.6) is 0 Å². The van der Waals surface area contributed by atoms with E-state index in [9.17, 15) is 13.6 Å². The van der Waals surface area contributed by atoms with E-state index < -0.39 is 17.7 Å². The minimum Gasteiger partial charge on any atom is -0.370 e. The summed E-state index contributed by atoms with van der Waals surface area (Å²) >= 11 is 0. The molecule has 0 aliphatic heterocycles. The first kappa shape index (κ1) is 18.4. The minimum atomic E-state index is -0.836. The number of aryl methyl sites for hydroxylation is 1. The predicted molar refractivity (Wildman–Crippen MR) is 92.8 cm³/mol. The van der Waals surface area contributed by atoms with Crippen LogP contribution in [-0.2, 0) is 0 Å². The Morgan fingerprint density at radius 2 is 1.92 bits per heavy atom. The lowest BCUT2D eigenvalue weighted by molar-refractivity contribution is 0.252. The molecule has 0 fully saturated rings. The van der Waals surface area contributed by atoms with Gasteiger partial charge in [0.2, 0.25) is 5.95 Å². The molecule has 7 nitrogen and oxygen atoms in total. The topological polar surface area (TPSA) is 91.0 Å². The van der Waals surface area contributed by atoms with Gasteiger partial charge in [-0.3, -0.25) is 0 Å². The molecule has 0 aliphatic carbocycles. The summed E-state index contributed by atoms with van der Waals surface area (Å²) in [6, 6.07) is 4.17. The van der Waals surface area contributed by atoms with Crippen molar-refractivity contribution < 1.29 is 13.6 Å². The maximum absolute atomic E-state index is 13.4. The molecule has 0 bridgehead atoms. The van der Waals surface area contributed by atoms with E-state index in [1.807, 2.05) is 19.9 Å². The zero-order valence-electron chi connectivity index (χ0n) is 14.0. The van der Waals surface area contributed by atoms with E-state index in [2.05, 4.69) is 31.2 Å². The third-order valence-electron chi connectivity index (χ3n) is 3.09. The second-order valence-electron chi connectivity index (χ2n) is 5.18. The summed E-state index contributed by atoms with van der Waals surface area (Å²) in [7, 11) is 0. The molecule has 1 aromatic carbocycles. The van der Waals surface area contributed by atoms with E-state index in [0.717, 1.165) is 30.2 Å².